The lowest BCUT2D eigenvalue weighted by Crippen LogP contribution is -2.15. The fourth-order valence-electron chi connectivity index (χ4n) is 2.27. The number of nitrogens with one attached hydrogen (secondary N) is 2. The SMILES string of the molecule is Cc1nn(C)c(C)c1NC(=O)CSc1nnc(Nc2cccc(Br)c2)s1. The smallest absolute Gasteiger partial charge is 0.234 e. The predicted octanol–water partition coefficient (Wildman–Crippen LogP) is 4.13. The molecule has 0 fully saturated rings. The first kappa shape index (κ1) is 18.9. The van der Waals surface area contributed by atoms with Crippen LogP contribution < -0.4 is 10.6 Å². The van der Waals surface area contributed by atoms with Crippen molar-refractivity contribution in [2.24, 2.45) is 7.05 Å². The van der Waals surface area contributed by atoms with Crippen LogP contribution in [0.25, 0.3) is 0 Å². The second kappa shape index (κ2) is 8.19. The van der Waals surface area contributed by atoms with Crippen molar-refractivity contribution in [2.45, 2.75) is 18.2 Å². The third kappa shape index (κ3) is 4.63. The highest BCUT2D eigenvalue weighted by Crippen LogP contribution is 2.28. The summed E-state index contributed by atoms with van der Waals surface area (Å²) in [6.07, 6.45) is 0. The van der Waals surface area contributed by atoms with E-state index < -0.39 is 0 Å². The average molecular weight is 453 g/mol. The lowest BCUT2D eigenvalue weighted by Gasteiger charge is -2.04. The van der Waals surface area contributed by atoms with Crippen molar-refractivity contribution in [1.29, 1.82) is 0 Å². The Morgan fingerprint density at radius 1 is 1.35 bits per heavy atom. The molecule has 0 aliphatic heterocycles. The maximum atomic E-state index is 12.2. The summed E-state index contributed by atoms with van der Waals surface area (Å²) >= 11 is 6.20. The molecule has 1 aromatic carbocycles. The zero-order chi connectivity index (χ0) is 18.7. The molecule has 0 unspecified atom stereocenters. The molecule has 0 spiro atoms. The molecule has 1 amide bonds. The molecule has 0 bridgehead atoms. The van der Waals surface area contributed by atoms with Gasteiger partial charge in [0.05, 0.1) is 22.8 Å². The van der Waals surface area contributed by atoms with Crippen molar-refractivity contribution in [3.63, 3.8) is 0 Å². The van der Waals surface area contributed by atoms with E-state index in [1.165, 1.54) is 23.1 Å². The maximum absolute atomic E-state index is 12.2. The number of carbonyl (C=O) groups excluding carboxylic acids is 1. The number of hydrogen-bond donors (Lipinski definition) is 2. The standard InChI is InChI=1S/C16H17BrN6OS2/c1-9-14(10(2)23(3)22-9)19-13(24)8-25-16-21-20-15(26-16)18-12-6-4-5-11(17)7-12/h4-7H,8H2,1-3H3,(H,18,20)(H,19,24). The minimum absolute atomic E-state index is 0.0918. The van der Waals surface area contributed by atoms with E-state index in [1.54, 1.807) is 4.68 Å². The van der Waals surface area contributed by atoms with Crippen LogP contribution in [0.15, 0.2) is 33.1 Å². The fraction of sp³-hybridized carbons (Fsp3) is 0.250. The molecule has 7 nitrogen and oxygen atoms in total. The number of amides is 1. The topological polar surface area (TPSA) is 84.7 Å². The Morgan fingerprint density at radius 2 is 2.15 bits per heavy atom. The predicted molar refractivity (Wildman–Crippen MR) is 109 cm³/mol. The maximum Gasteiger partial charge on any atom is 0.234 e. The van der Waals surface area contributed by atoms with E-state index in [1.807, 2.05) is 45.2 Å². The van der Waals surface area contributed by atoms with Crippen molar-refractivity contribution in [3.8, 4) is 0 Å². The van der Waals surface area contributed by atoms with Gasteiger partial charge in [-0.1, -0.05) is 45.1 Å². The summed E-state index contributed by atoms with van der Waals surface area (Å²) in [5.41, 5.74) is 3.43. The average Bonchev–Trinajstić information content (AvgIpc) is 3.13. The van der Waals surface area contributed by atoms with Gasteiger partial charge in [-0.15, -0.1) is 10.2 Å². The van der Waals surface area contributed by atoms with Crippen LogP contribution in [0.5, 0.6) is 0 Å². The highest BCUT2D eigenvalue weighted by atomic mass is 79.9. The van der Waals surface area contributed by atoms with Crippen molar-refractivity contribution in [2.75, 3.05) is 16.4 Å². The van der Waals surface area contributed by atoms with Crippen molar-refractivity contribution in [1.82, 2.24) is 20.0 Å². The van der Waals surface area contributed by atoms with Gasteiger partial charge in [-0.05, 0) is 32.0 Å². The number of anilines is 3. The van der Waals surface area contributed by atoms with Gasteiger partial charge < -0.3 is 10.6 Å². The molecule has 0 atom stereocenters. The lowest BCUT2D eigenvalue weighted by atomic mass is 10.3. The van der Waals surface area contributed by atoms with Crippen molar-refractivity contribution in [3.05, 3.63) is 40.1 Å². The Morgan fingerprint density at radius 3 is 2.85 bits per heavy atom. The monoisotopic (exact) mass is 452 g/mol. The van der Waals surface area contributed by atoms with Crippen LogP contribution in [0.4, 0.5) is 16.5 Å². The molecule has 2 aromatic heterocycles. The normalized spacial score (nSPS) is 10.8. The van der Waals surface area contributed by atoms with Gasteiger partial charge in [0.1, 0.15) is 0 Å². The Kier molecular flexibility index (Phi) is 5.94. The molecule has 3 aromatic rings. The fourth-order valence-corrected chi connectivity index (χ4v) is 4.24. The Balaban J connectivity index is 1.55. The van der Waals surface area contributed by atoms with Gasteiger partial charge in [-0.3, -0.25) is 9.48 Å². The number of carbonyl (C=O) groups is 1. The van der Waals surface area contributed by atoms with E-state index in [4.69, 9.17) is 0 Å². The van der Waals surface area contributed by atoms with E-state index in [0.29, 0.717) is 5.13 Å². The Bertz CT molecular complexity index is 939. The molecule has 0 aliphatic carbocycles. The number of benzene rings is 1. The van der Waals surface area contributed by atoms with E-state index in [0.717, 1.165) is 31.6 Å². The van der Waals surface area contributed by atoms with Gasteiger partial charge in [0.25, 0.3) is 0 Å². The summed E-state index contributed by atoms with van der Waals surface area (Å²) in [7, 11) is 1.85. The molecule has 0 saturated heterocycles. The molecule has 3 rings (SSSR count). The van der Waals surface area contributed by atoms with E-state index in [2.05, 4.69) is 41.9 Å². The number of thioether (sulfide) groups is 1. The molecule has 136 valence electrons. The second-order valence-corrected chi connectivity index (χ2v) is 8.63. The Hall–Kier alpha value is -1.91. The zero-order valence-corrected chi connectivity index (χ0v) is 17.6. The first-order valence-corrected chi connectivity index (χ1v) is 10.3. The summed E-state index contributed by atoms with van der Waals surface area (Å²) in [6, 6.07) is 7.80. The van der Waals surface area contributed by atoms with E-state index in [-0.39, 0.29) is 11.7 Å². The molecule has 0 saturated carbocycles. The molecule has 0 aliphatic rings. The summed E-state index contributed by atoms with van der Waals surface area (Å²) in [4.78, 5) is 12.2. The van der Waals surface area contributed by atoms with Crippen LogP contribution in [0.1, 0.15) is 11.4 Å². The minimum atomic E-state index is -0.0918. The number of halogens is 1. The van der Waals surface area contributed by atoms with Crippen LogP contribution >= 0.6 is 39.0 Å². The van der Waals surface area contributed by atoms with Gasteiger partial charge in [-0.2, -0.15) is 5.10 Å². The van der Waals surface area contributed by atoms with Gasteiger partial charge >= 0.3 is 0 Å². The van der Waals surface area contributed by atoms with Gasteiger partial charge in [0.15, 0.2) is 4.34 Å². The van der Waals surface area contributed by atoms with E-state index in [9.17, 15) is 4.79 Å². The number of aryl methyl sites for hydroxylation is 2. The first-order chi connectivity index (χ1) is 12.4. The molecular weight excluding hydrogens is 436 g/mol. The number of rotatable bonds is 6. The van der Waals surface area contributed by atoms with Crippen LogP contribution in [0.2, 0.25) is 0 Å². The number of aromatic nitrogens is 4. The van der Waals surface area contributed by atoms with Crippen LogP contribution in [-0.4, -0.2) is 31.6 Å². The summed E-state index contributed by atoms with van der Waals surface area (Å²) in [5.74, 6) is 0.171. The molecule has 2 N–H and O–H groups in total. The van der Waals surface area contributed by atoms with Gasteiger partial charge in [0, 0.05) is 17.2 Å². The number of nitrogens with zero attached hydrogens (tertiary/aromatic N) is 4. The highest BCUT2D eigenvalue weighted by molar-refractivity contribution is 9.10. The zero-order valence-electron chi connectivity index (χ0n) is 14.4. The van der Waals surface area contributed by atoms with Gasteiger partial charge in [0.2, 0.25) is 11.0 Å². The van der Waals surface area contributed by atoms with Crippen LogP contribution in [0, 0.1) is 13.8 Å². The number of hydrogen-bond acceptors (Lipinski definition) is 7. The third-order valence-corrected chi connectivity index (χ3v) is 6.05. The highest BCUT2D eigenvalue weighted by Gasteiger charge is 2.14. The van der Waals surface area contributed by atoms with Crippen molar-refractivity contribution >= 4 is 61.4 Å². The molecule has 2 heterocycles. The van der Waals surface area contributed by atoms with E-state index >= 15 is 0 Å². The van der Waals surface area contributed by atoms with Crippen LogP contribution in [-0.2, 0) is 11.8 Å². The quantitative estimate of drug-likeness (QED) is 0.546. The molecule has 10 heteroatoms. The summed E-state index contributed by atoms with van der Waals surface area (Å²) < 4.78 is 3.47. The Labute approximate surface area is 167 Å². The van der Waals surface area contributed by atoms with Gasteiger partial charge in [-0.25, -0.2) is 0 Å². The largest absolute Gasteiger partial charge is 0.330 e. The first-order valence-electron chi connectivity index (χ1n) is 7.71. The minimum Gasteiger partial charge on any atom is -0.330 e. The lowest BCUT2D eigenvalue weighted by molar-refractivity contribution is -0.113. The third-order valence-electron chi connectivity index (χ3n) is 3.58. The molecule has 0 radical (unpaired) electrons. The summed E-state index contributed by atoms with van der Waals surface area (Å²) in [6.45, 7) is 3.80. The summed E-state index contributed by atoms with van der Waals surface area (Å²) in [5, 5.41) is 19.3. The molecule has 26 heavy (non-hydrogen) atoms. The second-order valence-electron chi connectivity index (χ2n) is 5.51. The van der Waals surface area contributed by atoms with Crippen molar-refractivity contribution < 1.29 is 4.79 Å². The van der Waals surface area contributed by atoms with Crippen LogP contribution in [0.3, 0.4) is 0 Å². The molecular formula is C16H17BrN6OS2.